The normalized spacial score (nSPS) is 28.0. The Labute approximate surface area is 136 Å². The summed E-state index contributed by atoms with van der Waals surface area (Å²) in [4.78, 5) is -0.294. The molecule has 0 bridgehead atoms. The smallest absolute Gasteiger partial charge is 0.0991 e. The Morgan fingerprint density at radius 1 is 1.00 bits per heavy atom. The van der Waals surface area contributed by atoms with Crippen LogP contribution in [-0.2, 0) is 4.74 Å². The van der Waals surface area contributed by atoms with Gasteiger partial charge in [-0.15, -0.1) is 11.6 Å². The number of benzene rings is 2. The van der Waals surface area contributed by atoms with Crippen molar-refractivity contribution in [3.63, 3.8) is 0 Å². The highest BCUT2D eigenvalue weighted by atomic mass is 35.5. The predicted octanol–water partition coefficient (Wildman–Crippen LogP) is 5.15. The van der Waals surface area contributed by atoms with Gasteiger partial charge in [-0.2, -0.15) is 5.26 Å². The lowest BCUT2D eigenvalue weighted by Gasteiger charge is -2.39. The van der Waals surface area contributed by atoms with E-state index in [1.165, 1.54) is 0 Å². The van der Waals surface area contributed by atoms with Crippen LogP contribution in [0.15, 0.2) is 54.6 Å². The lowest BCUT2D eigenvalue weighted by atomic mass is 9.87. The first kappa shape index (κ1) is 15.1. The molecule has 3 atom stereocenters. The lowest BCUT2D eigenvalue weighted by Crippen LogP contribution is -2.31. The van der Waals surface area contributed by atoms with Gasteiger partial charge in [-0.3, -0.25) is 0 Å². The maximum Gasteiger partial charge on any atom is 0.0991 e. The molecule has 1 heterocycles. The zero-order chi connectivity index (χ0) is 15.6. The SMILES string of the molecule is CC1(Cl)CC(c2ccccc2)OC(c2ccc(C#N)cc2)C1. The summed E-state index contributed by atoms with van der Waals surface area (Å²) in [6.45, 7) is 2.07. The first-order valence-corrected chi connectivity index (χ1v) is 7.84. The Morgan fingerprint density at radius 2 is 1.55 bits per heavy atom. The highest BCUT2D eigenvalue weighted by Crippen LogP contribution is 2.46. The van der Waals surface area contributed by atoms with Crippen molar-refractivity contribution in [1.82, 2.24) is 0 Å². The van der Waals surface area contributed by atoms with Crippen molar-refractivity contribution in [2.75, 3.05) is 0 Å². The van der Waals surface area contributed by atoms with Crippen molar-refractivity contribution in [3.8, 4) is 6.07 Å². The number of nitriles is 1. The Hall–Kier alpha value is -1.82. The van der Waals surface area contributed by atoms with Crippen molar-refractivity contribution in [2.24, 2.45) is 0 Å². The topological polar surface area (TPSA) is 33.0 Å². The minimum absolute atomic E-state index is 0.00177. The third-order valence-corrected chi connectivity index (χ3v) is 4.44. The fourth-order valence-corrected chi connectivity index (χ4v) is 3.26. The maximum absolute atomic E-state index is 8.91. The molecule has 112 valence electrons. The average Bonchev–Trinajstić information content (AvgIpc) is 2.54. The molecule has 1 saturated heterocycles. The Bertz CT molecular complexity index is 673. The second kappa shape index (κ2) is 6.12. The molecule has 22 heavy (non-hydrogen) atoms. The van der Waals surface area contributed by atoms with Gasteiger partial charge >= 0.3 is 0 Å². The van der Waals surface area contributed by atoms with Crippen LogP contribution in [0.3, 0.4) is 0 Å². The number of ether oxygens (including phenoxy) is 1. The van der Waals surface area contributed by atoms with Gasteiger partial charge in [0, 0.05) is 4.87 Å². The van der Waals surface area contributed by atoms with Crippen LogP contribution in [0.2, 0.25) is 0 Å². The average molecular weight is 312 g/mol. The molecule has 2 nitrogen and oxygen atoms in total. The summed E-state index contributed by atoms with van der Waals surface area (Å²) in [5.74, 6) is 0. The van der Waals surface area contributed by atoms with E-state index < -0.39 is 0 Å². The van der Waals surface area contributed by atoms with Gasteiger partial charge in [-0.25, -0.2) is 0 Å². The molecule has 0 amide bonds. The van der Waals surface area contributed by atoms with Crippen molar-refractivity contribution in [1.29, 1.82) is 5.26 Å². The highest BCUT2D eigenvalue weighted by molar-refractivity contribution is 6.23. The fraction of sp³-hybridized carbons (Fsp3) is 0.316. The second-order valence-electron chi connectivity index (χ2n) is 6.08. The summed E-state index contributed by atoms with van der Waals surface area (Å²) in [5.41, 5.74) is 2.90. The van der Waals surface area contributed by atoms with Gasteiger partial charge < -0.3 is 4.74 Å². The minimum Gasteiger partial charge on any atom is -0.365 e. The van der Waals surface area contributed by atoms with Crippen LogP contribution < -0.4 is 0 Å². The molecular formula is C19H18ClNO. The van der Waals surface area contributed by atoms with Gasteiger partial charge in [-0.05, 0) is 43.0 Å². The van der Waals surface area contributed by atoms with E-state index in [9.17, 15) is 0 Å². The molecule has 2 aromatic rings. The molecule has 0 aliphatic carbocycles. The van der Waals surface area contributed by atoms with Crippen molar-refractivity contribution in [2.45, 2.75) is 36.8 Å². The molecule has 0 radical (unpaired) electrons. The zero-order valence-electron chi connectivity index (χ0n) is 12.5. The van der Waals surface area contributed by atoms with E-state index in [1.807, 2.05) is 42.5 Å². The van der Waals surface area contributed by atoms with Crippen LogP contribution in [0.4, 0.5) is 0 Å². The van der Waals surface area contributed by atoms with E-state index in [1.54, 1.807) is 0 Å². The summed E-state index contributed by atoms with van der Waals surface area (Å²) in [7, 11) is 0. The number of nitrogens with zero attached hydrogens (tertiary/aromatic N) is 1. The van der Waals surface area contributed by atoms with Gasteiger partial charge in [0.1, 0.15) is 0 Å². The van der Waals surface area contributed by atoms with E-state index >= 15 is 0 Å². The predicted molar refractivity (Wildman–Crippen MR) is 87.7 cm³/mol. The number of alkyl halides is 1. The van der Waals surface area contributed by atoms with E-state index in [0.717, 1.165) is 24.0 Å². The van der Waals surface area contributed by atoms with Crippen molar-refractivity contribution >= 4 is 11.6 Å². The molecular weight excluding hydrogens is 294 g/mol. The maximum atomic E-state index is 8.91. The van der Waals surface area contributed by atoms with Gasteiger partial charge in [0.15, 0.2) is 0 Å². The molecule has 0 saturated carbocycles. The molecule has 1 fully saturated rings. The van der Waals surface area contributed by atoms with Gasteiger partial charge in [-0.1, -0.05) is 42.5 Å². The quantitative estimate of drug-likeness (QED) is 0.719. The van der Waals surface area contributed by atoms with Crippen LogP contribution in [0.5, 0.6) is 0 Å². The van der Waals surface area contributed by atoms with E-state index in [0.29, 0.717) is 5.56 Å². The standard InChI is InChI=1S/C19H18ClNO/c1-19(20)11-17(15-5-3-2-4-6-15)22-18(12-19)16-9-7-14(13-21)8-10-16/h2-10,17-18H,11-12H2,1H3. The molecule has 0 aromatic heterocycles. The lowest BCUT2D eigenvalue weighted by molar-refractivity contribution is -0.0658. The van der Waals surface area contributed by atoms with Gasteiger partial charge in [0.25, 0.3) is 0 Å². The van der Waals surface area contributed by atoms with Crippen LogP contribution in [0.1, 0.15) is 48.7 Å². The molecule has 3 heteroatoms. The first-order chi connectivity index (χ1) is 10.6. The Kier molecular flexibility index (Phi) is 4.20. The van der Waals surface area contributed by atoms with Crippen molar-refractivity contribution < 1.29 is 4.74 Å². The first-order valence-electron chi connectivity index (χ1n) is 7.47. The van der Waals surface area contributed by atoms with Crippen LogP contribution >= 0.6 is 11.6 Å². The highest BCUT2D eigenvalue weighted by Gasteiger charge is 2.37. The van der Waals surface area contributed by atoms with Crippen LogP contribution in [0.25, 0.3) is 0 Å². The molecule has 3 rings (SSSR count). The van der Waals surface area contributed by atoms with Crippen molar-refractivity contribution in [3.05, 3.63) is 71.3 Å². The molecule has 2 aromatic carbocycles. The third-order valence-electron chi connectivity index (χ3n) is 4.13. The number of halogens is 1. The second-order valence-corrected chi connectivity index (χ2v) is 6.99. The number of rotatable bonds is 2. The summed E-state index contributed by atoms with van der Waals surface area (Å²) >= 11 is 6.69. The number of hydrogen-bond acceptors (Lipinski definition) is 2. The summed E-state index contributed by atoms with van der Waals surface area (Å²) in [5, 5.41) is 8.91. The Balaban J connectivity index is 1.86. The van der Waals surface area contributed by atoms with Crippen LogP contribution in [0, 0.1) is 11.3 Å². The van der Waals surface area contributed by atoms with E-state index in [-0.39, 0.29) is 17.1 Å². The van der Waals surface area contributed by atoms with E-state index in [2.05, 4.69) is 25.1 Å². The molecule has 1 aliphatic rings. The minimum atomic E-state index is -0.294. The monoisotopic (exact) mass is 311 g/mol. The summed E-state index contributed by atoms with van der Waals surface area (Å²) in [6, 6.07) is 19.9. The molecule has 3 unspecified atom stereocenters. The molecule has 0 spiro atoms. The Morgan fingerprint density at radius 3 is 2.09 bits per heavy atom. The largest absolute Gasteiger partial charge is 0.365 e. The molecule has 0 N–H and O–H groups in total. The van der Waals surface area contributed by atoms with Gasteiger partial charge in [0.05, 0.1) is 23.8 Å². The van der Waals surface area contributed by atoms with E-state index in [4.69, 9.17) is 21.6 Å². The molecule has 1 aliphatic heterocycles. The summed E-state index contributed by atoms with van der Waals surface area (Å²) in [6.07, 6.45) is 1.52. The van der Waals surface area contributed by atoms with Crippen LogP contribution in [-0.4, -0.2) is 4.87 Å². The zero-order valence-corrected chi connectivity index (χ0v) is 13.3. The third kappa shape index (κ3) is 3.32. The fourth-order valence-electron chi connectivity index (χ4n) is 2.98. The number of hydrogen-bond donors (Lipinski definition) is 0. The van der Waals surface area contributed by atoms with Gasteiger partial charge in [0.2, 0.25) is 0 Å². The summed E-state index contributed by atoms with van der Waals surface area (Å²) < 4.78 is 6.30.